The van der Waals surface area contributed by atoms with Gasteiger partial charge in [0, 0.05) is 30.7 Å². The molecule has 13 heteroatoms. The van der Waals surface area contributed by atoms with Crippen LogP contribution in [0.2, 0.25) is 0 Å². The van der Waals surface area contributed by atoms with Gasteiger partial charge in [0.2, 0.25) is 10.0 Å². The van der Waals surface area contributed by atoms with E-state index < -0.39 is 28.0 Å². The molecule has 150 valence electrons. The molecule has 9 nitrogen and oxygen atoms in total. The van der Waals surface area contributed by atoms with Crippen LogP contribution in [0.3, 0.4) is 0 Å². The summed E-state index contributed by atoms with van der Waals surface area (Å²) in [5.41, 5.74) is 0.957. The molecule has 0 spiro atoms. The molecule has 1 fully saturated rings. The van der Waals surface area contributed by atoms with Crippen molar-refractivity contribution in [2.75, 3.05) is 23.7 Å². The van der Waals surface area contributed by atoms with Gasteiger partial charge in [0.25, 0.3) is 0 Å². The molecule has 0 aliphatic carbocycles. The molecule has 3 aromatic rings. The van der Waals surface area contributed by atoms with Gasteiger partial charge in [-0.05, 0) is 19.4 Å². The van der Waals surface area contributed by atoms with E-state index in [1.165, 1.54) is 0 Å². The highest BCUT2D eigenvalue weighted by atomic mass is 32.2. The van der Waals surface area contributed by atoms with E-state index in [0.717, 1.165) is 5.39 Å². The molecular formula is C15H16F3N7O2S. The molecule has 1 atom stereocenters. The van der Waals surface area contributed by atoms with E-state index in [0.29, 0.717) is 41.3 Å². The summed E-state index contributed by atoms with van der Waals surface area (Å²) in [4.78, 5) is 13.6. The van der Waals surface area contributed by atoms with E-state index in [1.54, 1.807) is 13.1 Å². The van der Waals surface area contributed by atoms with Crippen molar-refractivity contribution < 1.29 is 21.6 Å². The Balaban J connectivity index is 1.64. The zero-order chi connectivity index (χ0) is 20.1. The molecule has 0 aromatic carbocycles. The fourth-order valence-electron chi connectivity index (χ4n) is 3.39. The van der Waals surface area contributed by atoms with E-state index in [4.69, 9.17) is 0 Å². The zero-order valence-corrected chi connectivity index (χ0v) is 15.5. The second-order valence-corrected chi connectivity index (χ2v) is 8.41. The van der Waals surface area contributed by atoms with E-state index in [-0.39, 0.29) is 6.54 Å². The van der Waals surface area contributed by atoms with Crippen LogP contribution in [0.15, 0.2) is 12.3 Å². The van der Waals surface area contributed by atoms with E-state index in [2.05, 4.69) is 29.9 Å². The number of nitrogens with one attached hydrogen (secondary N) is 2. The minimum absolute atomic E-state index is 0.191. The van der Waals surface area contributed by atoms with Crippen LogP contribution in [-0.2, 0) is 10.0 Å². The number of rotatable bonds is 4. The summed E-state index contributed by atoms with van der Waals surface area (Å²) in [7, 11) is -4.47. The quantitative estimate of drug-likeness (QED) is 0.659. The number of aromatic amines is 1. The number of nitrogens with zero attached hydrogens (tertiary/aromatic N) is 5. The van der Waals surface area contributed by atoms with Crippen LogP contribution >= 0.6 is 0 Å². The van der Waals surface area contributed by atoms with Gasteiger partial charge in [0.15, 0.2) is 17.0 Å². The second kappa shape index (κ2) is 6.51. The van der Waals surface area contributed by atoms with Crippen molar-refractivity contribution in [2.45, 2.75) is 25.6 Å². The lowest BCUT2D eigenvalue weighted by Gasteiger charge is -2.20. The third-order valence-corrected chi connectivity index (χ3v) is 5.81. The Hall–Kier alpha value is -2.54. The Labute approximate surface area is 157 Å². The topological polar surface area (TPSA) is 117 Å². The first-order valence-corrected chi connectivity index (χ1v) is 10.1. The summed E-state index contributed by atoms with van der Waals surface area (Å²) in [6.07, 6.45) is -2.72. The van der Waals surface area contributed by atoms with Gasteiger partial charge in [0.1, 0.15) is 11.6 Å². The Morgan fingerprint density at radius 3 is 2.86 bits per heavy atom. The Morgan fingerprint density at radius 2 is 2.11 bits per heavy atom. The van der Waals surface area contributed by atoms with Crippen LogP contribution < -0.4 is 9.62 Å². The summed E-state index contributed by atoms with van der Waals surface area (Å²) in [6, 6.07) is 1.17. The monoisotopic (exact) mass is 415 g/mol. The normalized spacial score (nSPS) is 18.4. The van der Waals surface area contributed by atoms with Gasteiger partial charge < -0.3 is 9.88 Å². The Kier molecular flexibility index (Phi) is 4.38. The highest BCUT2D eigenvalue weighted by molar-refractivity contribution is 7.89. The maximum atomic E-state index is 12.4. The average Bonchev–Trinajstić information content (AvgIpc) is 3.19. The predicted octanol–water partition coefficient (Wildman–Crippen LogP) is 1.27. The van der Waals surface area contributed by atoms with Gasteiger partial charge in [0.05, 0.1) is 5.39 Å². The summed E-state index contributed by atoms with van der Waals surface area (Å²) in [6.45, 7) is 2.32. The second-order valence-electron chi connectivity index (χ2n) is 6.66. The number of aryl methyl sites for hydroxylation is 1. The first-order valence-electron chi connectivity index (χ1n) is 8.41. The van der Waals surface area contributed by atoms with Crippen molar-refractivity contribution >= 4 is 37.9 Å². The van der Waals surface area contributed by atoms with Crippen molar-refractivity contribution in [1.29, 1.82) is 0 Å². The molecule has 2 N–H and O–H groups in total. The Bertz CT molecular complexity index is 1150. The van der Waals surface area contributed by atoms with Gasteiger partial charge >= 0.3 is 6.18 Å². The third-order valence-electron chi connectivity index (χ3n) is 4.41. The first-order chi connectivity index (χ1) is 13.1. The lowest BCUT2D eigenvalue weighted by atomic mass is 10.2. The number of H-pyrrole nitrogens is 1. The maximum absolute atomic E-state index is 12.4. The Morgan fingerprint density at radius 1 is 1.32 bits per heavy atom. The van der Waals surface area contributed by atoms with Gasteiger partial charge in [-0.1, -0.05) is 0 Å². The smallest absolute Gasteiger partial charge is 0.354 e. The van der Waals surface area contributed by atoms with Crippen molar-refractivity contribution in [3.63, 3.8) is 0 Å². The minimum atomic E-state index is -4.79. The molecule has 4 heterocycles. The average molecular weight is 415 g/mol. The first kappa shape index (κ1) is 18.8. The predicted molar refractivity (Wildman–Crippen MR) is 95.3 cm³/mol. The fraction of sp³-hybridized carbons (Fsp3) is 0.467. The number of alkyl halides is 3. The van der Waals surface area contributed by atoms with Crippen LogP contribution in [0.5, 0.6) is 0 Å². The molecule has 1 aliphatic heterocycles. The van der Waals surface area contributed by atoms with Gasteiger partial charge in [-0.25, -0.2) is 23.1 Å². The van der Waals surface area contributed by atoms with Crippen LogP contribution in [0.25, 0.3) is 22.1 Å². The highest BCUT2D eigenvalue weighted by Crippen LogP contribution is 2.31. The molecule has 1 aliphatic rings. The summed E-state index contributed by atoms with van der Waals surface area (Å²) in [5.74, 6) is -0.877. The summed E-state index contributed by atoms with van der Waals surface area (Å²) < 4.78 is 63.0. The van der Waals surface area contributed by atoms with E-state index in [9.17, 15) is 21.6 Å². The highest BCUT2D eigenvalue weighted by Gasteiger charge is 2.37. The lowest BCUT2D eigenvalue weighted by Crippen LogP contribution is -2.41. The number of anilines is 1. The molecular weight excluding hydrogens is 399 g/mol. The summed E-state index contributed by atoms with van der Waals surface area (Å²) in [5, 5.41) is 9.59. The molecule has 4 rings (SSSR count). The van der Waals surface area contributed by atoms with Crippen molar-refractivity contribution in [3.05, 3.63) is 18.1 Å². The van der Waals surface area contributed by atoms with Crippen LogP contribution in [-0.4, -0.2) is 64.6 Å². The zero-order valence-electron chi connectivity index (χ0n) is 14.7. The van der Waals surface area contributed by atoms with E-state index >= 15 is 0 Å². The number of hydrogen-bond donors (Lipinski definition) is 2. The molecule has 1 unspecified atom stereocenters. The summed E-state index contributed by atoms with van der Waals surface area (Å²) >= 11 is 0. The van der Waals surface area contributed by atoms with Crippen molar-refractivity contribution in [2.24, 2.45) is 0 Å². The number of halogens is 3. The molecule has 0 saturated carbocycles. The van der Waals surface area contributed by atoms with Gasteiger partial charge in [-0.3, -0.25) is 0 Å². The molecule has 1 saturated heterocycles. The maximum Gasteiger partial charge on any atom is 0.404 e. The van der Waals surface area contributed by atoms with Crippen molar-refractivity contribution in [1.82, 2.24) is 29.9 Å². The molecule has 0 radical (unpaired) electrons. The third kappa shape index (κ3) is 3.71. The standard InChI is InChI=1S/C15H16F3N7O2S/c1-8-20-13-11(10-2-4-19-12(10)22-23-13)14(21-8)25-5-3-9(6-25)24-28(26,27)7-15(16,17)18/h2,4,9,24H,3,5-7H2,1H3,(H,19,22). The van der Waals surface area contributed by atoms with Gasteiger partial charge in [-0.15, -0.1) is 10.2 Å². The molecule has 3 aromatic heterocycles. The number of fused-ring (bicyclic) bond motifs is 3. The van der Waals surface area contributed by atoms with Crippen LogP contribution in [0.1, 0.15) is 12.2 Å². The lowest BCUT2D eigenvalue weighted by molar-refractivity contribution is -0.106. The SMILES string of the molecule is Cc1nc(N2CCC(NS(=O)(=O)CC(F)(F)F)C2)c2c(nnc3[nH]ccc32)n1. The molecule has 0 bridgehead atoms. The van der Waals surface area contributed by atoms with E-state index in [1.807, 2.05) is 11.0 Å². The fourth-order valence-corrected chi connectivity index (χ4v) is 4.60. The largest absolute Gasteiger partial charge is 0.404 e. The molecule has 28 heavy (non-hydrogen) atoms. The number of sulfonamides is 1. The molecule has 0 amide bonds. The van der Waals surface area contributed by atoms with Crippen LogP contribution in [0.4, 0.5) is 19.0 Å². The van der Waals surface area contributed by atoms with Crippen molar-refractivity contribution in [3.8, 4) is 0 Å². The van der Waals surface area contributed by atoms with Gasteiger partial charge in [-0.2, -0.15) is 13.2 Å². The number of aromatic nitrogens is 5. The number of hydrogen-bond acceptors (Lipinski definition) is 7. The minimum Gasteiger partial charge on any atom is -0.354 e. The van der Waals surface area contributed by atoms with Crippen LogP contribution in [0, 0.1) is 6.92 Å².